The third-order valence-electron chi connectivity index (χ3n) is 2.64. The maximum absolute atomic E-state index is 9.16. The van der Waals surface area contributed by atoms with Crippen LogP contribution in [0.15, 0.2) is 0 Å². The van der Waals surface area contributed by atoms with E-state index in [0.717, 1.165) is 6.42 Å². The van der Waals surface area contributed by atoms with Crippen LogP contribution in [0.25, 0.3) is 0 Å². The fourth-order valence-corrected chi connectivity index (χ4v) is 1.59. The van der Waals surface area contributed by atoms with E-state index in [2.05, 4.69) is 34.6 Å². The van der Waals surface area contributed by atoms with Crippen LogP contribution >= 0.6 is 0 Å². The Hall–Kier alpha value is -0.0400. The molecule has 0 aliphatic rings. The average molecular weight is 158 g/mol. The Morgan fingerprint density at radius 3 is 1.82 bits per heavy atom. The number of hydrogen-bond donors (Lipinski definition) is 1. The van der Waals surface area contributed by atoms with E-state index in [0.29, 0.717) is 18.4 Å². The van der Waals surface area contributed by atoms with E-state index in [1.54, 1.807) is 0 Å². The zero-order valence-corrected chi connectivity index (χ0v) is 8.52. The monoisotopic (exact) mass is 158 g/mol. The van der Waals surface area contributed by atoms with Crippen LogP contribution in [0.4, 0.5) is 0 Å². The number of hydrogen-bond acceptors (Lipinski definition) is 1. The Labute approximate surface area is 70.8 Å². The molecule has 0 aromatic carbocycles. The van der Waals surface area contributed by atoms with Crippen LogP contribution in [0.2, 0.25) is 0 Å². The molecule has 68 valence electrons. The fourth-order valence-electron chi connectivity index (χ4n) is 1.59. The van der Waals surface area contributed by atoms with E-state index >= 15 is 0 Å². The summed E-state index contributed by atoms with van der Waals surface area (Å²) in [7, 11) is 0. The van der Waals surface area contributed by atoms with Gasteiger partial charge in [-0.05, 0) is 17.3 Å². The lowest BCUT2D eigenvalue weighted by molar-refractivity contribution is 0.0837. The smallest absolute Gasteiger partial charge is 0.0466 e. The van der Waals surface area contributed by atoms with Crippen molar-refractivity contribution in [2.24, 2.45) is 17.3 Å². The van der Waals surface area contributed by atoms with Crippen LogP contribution < -0.4 is 0 Å². The van der Waals surface area contributed by atoms with Gasteiger partial charge in [-0.2, -0.15) is 0 Å². The first-order chi connectivity index (χ1) is 4.93. The summed E-state index contributed by atoms with van der Waals surface area (Å²) in [4.78, 5) is 0. The molecule has 1 N–H and O–H groups in total. The lowest BCUT2D eigenvalue weighted by Crippen LogP contribution is -2.29. The van der Waals surface area contributed by atoms with Crippen molar-refractivity contribution >= 4 is 0 Å². The van der Waals surface area contributed by atoms with E-state index in [1.807, 2.05) is 0 Å². The number of rotatable bonds is 3. The summed E-state index contributed by atoms with van der Waals surface area (Å²) in [5.74, 6) is 1.06. The summed E-state index contributed by atoms with van der Waals surface area (Å²) < 4.78 is 0. The second kappa shape index (κ2) is 4.10. The quantitative estimate of drug-likeness (QED) is 0.669. The molecule has 2 atom stereocenters. The van der Waals surface area contributed by atoms with Crippen molar-refractivity contribution in [1.82, 2.24) is 0 Å². The molecule has 11 heavy (non-hydrogen) atoms. The summed E-state index contributed by atoms with van der Waals surface area (Å²) in [6.07, 6.45) is 1.16. The Balaban J connectivity index is 4.16. The van der Waals surface area contributed by atoms with Crippen molar-refractivity contribution in [1.29, 1.82) is 0 Å². The molecule has 1 heteroatoms. The first-order valence-corrected chi connectivity index (χ1v) is 4.54. The van der Waals surface area contributed by atoms with E-state index in [9.17, 15) is 0 Å². The van der Waals surface area contributed by atoms with Gasteiger partial charge in [0.15, 0.2) is 0 Å². The zero-order valence-electron chi connectivity index (χ0n) is 8.52. The molecular formula is C10H22O. The standard InChI is InChI=1S/C10H22O/c1-6-8(2)9(7-11)10(3,4)5/h8-9,11H,6-7H2,1-5H3. The van der Waals surface area contributed by atoms with Gasteiger partial charge in [0, 0.05) is 6.61 Å². The van der Waals surface area contributed by atoms with Crippen molar-refractivity contribution in [2.45, 2.75) is 41.0 Å². The first kappa shape index (κ1) is 11.0. The molecule has 0 aromatic rings. The predicted octanol–water partition coefficient (Wildman–Crippen LogP) is 2.69. The molecule has 0 fully saturated rings. The fraction of sp³-hybridized carbons (Fsp3) is 1.00. The van der Waals surface area contributed by atoms with Crippen molar-refractivity contribution in [3.05, 3.63) is 0 Å². The Morgan fingerprint density at radius 1 is 1.27 bits per heavy atom. The van der Waals surface area contributed by atoms with Crippen LogP contribution in [0.3, 0.4) is 0 Å². The van der Waals surface area contributed by atoms with Gasteiger partial charge >= 0.3 is 0 Å². The van der Waals surface area contributed by atoms with Gasteiger partial charge < -0.3 is 5.11 Å². The van der Waals surface area contributed by atoms with Gasteiger partial charge in [-0.1, -0.05) is 41.0 Å². The van der Waals surface area contributed by atoms with Crippen LogP contribution in [0, 0.1) is 17.3 Å². The van der Waals surface area contributed by atoms with Crippen LogP contribution in [0.5, 0.6) is 0 Å². The second-order valence-corrected chi connectivity index (χ2v) is 4.54. The van der Waals surface area contributed by atoms with Gasteiger partial charge in [-0.3, -0.25) is 0 Å². The maximum atomic E-state index is 9.16. The van der Waals surface area contributed by atoms with Crippen molar-refractivity contribution in [2.75, 3.05) is 6.61 Å². The lowest BCUT2D eigenvalue weighted by Gasteiger charge is -2.33. The highest BCUT2D eigenvalue weighted by atomic mass is 16.3. The molecule has 0 spiro atoms. The minimum Gasteiger partial charge on any atom is -0.396 e. The molecule has 0 aliphatic heterocycles. The zero-order chi connectivity index (χ0) is 9.07. The predicted molar refractivity (Wildman–Crippen MR) is 49.5 cm³/mol. The van der Waals surface area contributed by atoms with Crippen LogP contribution in [0.1, 0.15) is 41.0 Å². The highest BCUT2D eigenvalue weighted by Gasteiger charge is 2.27. The van der Waals surface area contributed by atoms with E-state index in [1.165, 1.54) is 0 Å². The second-order valence-electron chi connectivity index (χ2n) is 4.54. The summed E-state index contributed by atoms with van der Waals surface area (Å²) in [5, 5.41) is 9.16. The molecule has 0 amide bonds. The number of aliphatic hydroxyl groups is 1. The summed E-state index contributed by atoms with van der Waals surface area (Å²) >= 11 is 0. The van der Waals surface area contributed by atoms with Gasteiger partial charge in [0.05, 0.1) is 0 Å². The van der Waals surface area contributed by atoms with E-state index in [-0.39, 0.29) is 5.41 Å². The minimum atomic E-state index is 0.240. The minimum absolute atomic E-state index is 0.240. The molecule has 0 saturated heterocycles. The lowest BCUT2D eigenvalue weighted by atomic mass is 9.73. The van der Waals surface area contributed by atoms with Gasteiger partial charge in [0.2, 0.25) is 0 Å². The van der Waals surface area contributed by atoms with Gasteiger partial charge in [0.25, 0.3) is 0 Å². The molecular weight excluding hydrogens is 136 g/mol. The van der Waals surface area contributed by atoms with Crippen molar-refractivity contribution in [3.8, 4) is 0 Å². The highest BCUT2D eigenvalue weighted by molar-refractivity contribution is 4.76. The summed E-state index contributed by atoms with van der Waals surface area (Å²) in [6, 6.07) is 0. The molecule has 0 aliphatic carbocycles. The normalized spacial score (nSPS) is 18.0. The molecule has 0 bridgehead atoms. The summed E-state index contributed by atoms with van der Waals surface area (Å²) in [6.45, 7) is 11.3. The molecule has 0 heterocycles. The maximum Gasteiger partial charge on any atom is 0.0466 e. The molecule has 0 rings (SSSR count). The molecule has 0 aromatic heterocycles. The topological polar surface area (TPSA) is 20.2 Å². The van der Waals surface area contributed by atoms with Gasteiger partial charge in [-0.15, -0.1) is 0 Å². The van der Waals surface area contributed by atoms with Gasteiger partial charge in [-0.25, -0.2) is 0 Å². The Morgan fingerprint density at radius 2 is 1.73 bits per heavy atom. The average Bonchev–Trinajstić information content (AvgIpc) is 1.86. The van der Waals surface area contributed by atoms with E-state index in [4.69, 9.17) is 5.11 Å². The first-order valence-electron chi connectivity index (χ1n) is 4.54. The largest absolute Gasteiger partial charge is 0.396 e. The van der Waals surface area contributed by atoms with E-state index < -0.39 is 0 Å². The Kier molecular flexibility index (Phi) is 4.09. The molecule has 0 saturated carbocycles. The summed E-state index contributed by atoms with van der Waals surface area (Å²) in [5.41, 5.74) is 0.240. The van der Waals surface area contributed by atoms with Crippen LogP contribution in [-0.2, 0) is 0 Å². The highest BCUT2D eigenvalue weighted by Crippen LogP contribution is 2.32. The van der Waals surface area contributed by atoms with Crippen molar-refractivity contribution in [3.63, 3.8) is 0 Å². The SMILES string of the molecule is CCC(C)C(CO)C(C)(C)C. The third kappa shape index (κ3) is 3.24. The molecule has 2 unspecified atom stereocenters. The van der Waals surface area contributed by atoms with Gasteiger partial charge in [0.1, 0.15) is 0 Å². The molecule has 0 radical (unpaired) electrons. The van der Waals surface area contributed by atoms with Crippen LogP contribution in [-0.4, -0.2) is 11.7 Å². The van der Waals surface area contributed by atoms with Crippen molar-refractivity contribution < 1.29 is 5.11 Å². The number of aliphatic hydroxyl groups excluding tert-OH is 1. The Bertz CT molecular complexity index is 102. The third-order valence-corrected chi connectivity index (χ3v) is 2.64. The molecule has 1 nitrogen and oxygen atoms in total.